The summed E-state index contributed by atoms with van der Waals surface area (Å²) < 4.78 is 17.7. The maximum Gasteiger partial charge on any atom is 0.514 e. The molecule has 0 amide bonds. The van der Waals surface area contributed by atoms with Gasteiger partial charge in [-0.05, 0) is 69.0 Å². The van der Waals surface area contributed by atoms with Crippen LogP contribution in [0.3, 0.4) is 0 Å². The molecule has 2 aliphatic rings. The van der Waals surface area contributed by atoms with Crippen molar-refractivity contribution in [2.45, 2.75) is 72.1 Å². The molecule has 4 heterocycles. The number of esters is 1. The number of carbonyl (C=O) groups excluding carboxylic acids is 2. The predicted octanol–water partition coefficient (Wildman–Crippen LogP) is 4.85. The van der Waals surface area contributed by atoms with E-state index in [1.165, 1.54) is 0 Å². The van der Waals surface area contributed by atoms with Gasteiger partial charge in [-0.2, -0.15) is 0 Å². The molecular formula is C27H28N2O6. The van der Waals surface area contributed by atoms with Gasteiger partial charge in [0.1, 0.15) is 18.0 Å². The molecule has 0 unspecified atom stereocenters. The summed E-state index contributed by atoms with van der Waals surface area (Å²) in [7, 11) is 0. The van der Waals surface area contributed by atoms with Crippen molar-refractivity contribution in [2.75, 3.05) is 0 Å². The molecule has 0 fully saturated rings. The molecule has 3 aromatic rings. The molecular weight excluding hydrogens is 448 g/mol. The third kappa shape index (κ3) is 3.87. The third-order valence-electron chi connectivity index (χ3n) is 6.54. The van der Waals surface area contributed by atoms with Crippen molar-refractivity contribution < 1.29 is 23.8 Å². The lowest BCUT2D eigenvalue weighted by molar-refractivity contribution is -0.148. The summed E-state index contributed by atoms with van der Waals surface area (Å²) in [5.74, 6) is -0.367. The Morgan fingerprint density at radius 1 is 1.17 bits per heavy atom. The van der Waals surface area contributed by atoms with Crippen LogP contribution in [-0.4, -0.2) is 27.3 Å². The molecule has 0 saturated carbocycles. The highest BCUT2D eigenvalue weighted by molar-refractivity contribution is 5.90. The maximum absolute atomic E-state index is 13.4. The first-order valence-electron chi connectivity index (χ1n) is 11.9. The number of carbonyl (C=O) groups is 2. The Morgan fingerprint density at radius 2 is 1.94 bits per heavy atom. The number of hydrogen-bond donors (Lipinski definition) is 0. The second-order valence-electron chi connectivity index (χ2n) is 9.94. The lowest BCUT2D eigenvalue weighted by Gasteiger charge is -2.24. The first-order chi connectivity index (χ1) is 16.6. The third-order valence-corrected chi connectivity index (χ3v) is 6.54. The van der Waals surface area contributed by atoms with Gasteiger partial charge in [0.15, 0.2) is 0 Å². The number of hydrogen-bond acceptors (Lipinski definition) is 7. The van der Waals surface area contributed by atoms with Crippen LogP contribution in [0.5, 0.6) is 5.75 Å². The molecule has 8 heteroatoms. The molecule has 0 saturated heterocycles. The molecule has 0 bridgehead atoms. The van der Waals surface area contributed by atoms with E-state index in [1.54, 1.807) is 43.5 Å². The minimum Gasteiger partial charge on any atom is -0.460 e. The monoisotopic (exact) mass is 476 g/mol. The number of cyclic esters (lactones) is 1. The summed E-state index contributed by atoms with van der Waals surface area (Å²) in [6.07, 6.45) is 0.502. The van der Waals surface area contributed by atoms with Crippen molar-refractivity contribution in [3.63, 3.8) is 0 Å². The Bertz CT molecular complexity index is 1450. The lowest BCUT2D eigenvalue weighted by Crippen LogP contribution is -2.32. The van der Waals surface area contributed by atoms with E-state index in [0.717, 1.165) is 39.0 Å². The summed E-state index contributed by atoms with van der Waals surface area (Å²) >= 11 is 0. The van der Waals surface area contributed by atoms with Crippen LogP contribution in [0.15, 0.2) is 29.1 Å². The zero-order valence-corrected chi connectivity index (χ0v) is 20.6. The number of benzene rings is 1. The topological polar surface area (TPSA) is 96.7 Å². The van der Waals surface area contributed by atoms with Crippen molar-refractivity contribution in [3.8, 4) is 17.1 Å². The maximum atomic E-state index is 13.4. The van der Waals surface area contributed by atoms with Crippen LogP contribution in [0, 0.1) is 0 Å². The van der Waals surface area contributed by atoms with Crippen molar-refractivity contribution in [1.29, 1.82) is 0 Å². The highest BCUT2D eigenvalue weighted by atomic mass is 16.7. The fraction of sp³-hybridized carbons (Fsp3) is 0.407. The molecule has 2 aliphatic heterocycles. The number of ether oxygens (including phenoxy) is 3. The molecule has 1 aromatic carbocycles. The summed E-state index contributed by atoms with van der Waals surface area (Å²) in [4.78, 5) is 42.8. The van der Waals surface area contributed by atoms with Crippen LogP contribution in [0.1, 0.15) is 69.2 Å². The Kier molecular flexibility index (Phi) is 5.42. The second-order valence-corrected chi connectivity index (χ2v) is 9.94. The molecule has 5 rings (SSSR count). The molecule has 0 radical (unpaired) electrons. The van der Waals surface area contributed by atoms with E-state index in [2.05, 4.69) is 0 Å². The Balaban J connectivity index is 1.62. The summed E-state index contributed by atoms with van der Waals surface area (Å²) in [5.41, 5.74) is 4.72. The van der Waals surface area contributed by atoms with Crippen LogP contribution in [0.4, 0.5) is 4.79 Å². The van der Waals surface area contributed by atoms with Crippen LogP contribution >= 0.6 is 0 Å². The van der Waals surface area contributed by atoms with Gasteiger partial charge >= 0.3 is 12.1 Å². The standard InChI is InChI=1S/C27H28N2O6/c1-6-15-18-10-14(34-26(32)35-27(3,4)5)8-9-21(18)28-23-19(15)12-29-22(23)11-17-16(7-2)25(31)33-13-20(17)24(29)30/h8-11,16H,6-7,12-13H2,1-5H3/t16-/m1/s1. The van der Waals surface area contributed by atoms with Crippen molar-refractivity contribution in [2.24, 2.45) is 0 Å². The van der Waals surface area contributed by atoms with Crippen molar-refractivity contribution >= 4 is 23.0 Å². The van der Waals surface area contributed by atoms with Gasteiger partial charge in [0.25, 0.3) is 5.56 Å². The van der Waals surface area contributed by atoms with Crippen LogP contribution in [0.2, 0.25) is 0 Å². The van der Waals surface area contributed by atoms with E-state index in [-0.39, 0.29) is 18.1 Å². The van der Waals surface area contributed by atoms with Crippen molar-refractivity contribution in [1.82, 2.24) is 9.55 Å². The summed E-state index contributed by atoms with van der Waals surface area (Å²) in [5, 5.41) is 0.864. The van der Waals surface area contributed by atoms with Gasteiger partial charge in [0, 0.05) is 10.9 Å². The van der Waals surface area contributed by atoms with E-state index in [4.69, 9.17) is 19.2 Å². The molecule has 1 atom stereocenters. The predicted molar refractivity (Wildman–Crippen MR) is 130 cm³/mol. The number of aromatic nitrogens is 2. The minimum atomic E-state index is -0.768. The van der Waals surface area contributed by atoms with E-state index in [9.17, 15) is 14.4 Å². The van der Waals surface area contributed by atoms with Crippen LogP contribution in [0.25, 0.3) is 22.3 Å². The fourth-order valence-corrected chi connectivity index (χ4v) is 5.00. The first kappa shape index (κ1) is 23.1. The van der Waals surface area contributed by atoms with E-state index >= 15 is 0 Å². The number of aryl methyl sites for hydroxylation is 1. The van der Waals surface area contributed by atoms with Gasteiger partial charge in [-0.15, -0.1) is 0 Å². The van der Waals surface area contributed by atoms with E-state index in [1.807, 2.05) is 19.9 Å². The van der Waals surface area contributed by atoms with Gasteiger partial charge in [-0.25, -0.2) is 9.78 Å². The van der Waals surface area contributed by atoms with E-state index in [0.29, 0.717) is 30.7 Å². The molecule has 0 spiro atoms. The Labute approximate surface area is 202 Å². The normalized spacial score (nSPS) is 16.4. The van der Waals surface area contributed by atoms with Crippen LogP contribution < -0.4 is 10.3 Å². The van der Waals surface area contributed by atoms with Gasteiger partial charge in [0.2, 0.25) is 0 Å². The van der Waals surface area contributed by atoms with Crippen LogP contribution in [-0.2, 0) is 33.8 Å². The molecule has 8 nitrogen and oxygen atoms in total. The lowest BCUT2D eigenvalue weighted by atomic mass is 9.90. The highest BCUT2D eigenvalue weighted by Crippen LogP contribution is 2.39. The number of rotatable bonds is 3. The summed E-state index contributed by atoms with van der Waals surface area (Å²) in [6, 6.07) is 7.22. The van der Waals surface area contributed by atoms with E-state index < -0.39 is 17.7 Å². The minimum absolute atomic E-state index is 0.00152. The number of nitrogens with zero attached hydrogens (tertiary/aromatic N) is 2. The molecule has 182 valence electrons. The molecule has 0 aliphatic carbocycles. The van der Waals surface area contributed by atoms with Gasteiger partial charge in [-0.3, -0.25) is 9.59 Å². The largest absolute Gasteiger partial charge is 0.514 e. The SMILES string of the molecule is CCc1c2c(nc3ccc(OC(=O)OC(C)(C)C)cc13)-c1cc3c(c(=O)n1C2)COC(=O)[C@@H]3CC. The Morgan fingerprint density at radius 3 is 2.63 bits per heavy atom. The van der Waals surface area contributed by atoms with Gasteiger partial charge < -0.3 is 18.8 Å². The zero-order chi connectivity index (χ0) is 25.1. The average molecular weight is 477 g/mol. The zero-order valence-electron chi connectivity index (χ0n) is 20.6. The van der Waals surface area contributed by atoms with Crippen molar-refractivity contribution in [3.05, 3.63) is 56.9 Å². The molecule has 0 N–H and O–H groups in total. The van der Waals surface area contributed by atoms with Gasteiger partial charge in [0.05, 0.1) is 34.9 Å². The van der Waals surface area contributed by atoms with Gasteiger partial charge in [-0.1, -0.05) is 13.8 Å². The molecule has 35 heavy (non-hydrogen) atoms. The second kappa shape index (κ2) is 8.22. The quantitative estimate of drug-likeness (QED) is 0.308. The molecule has 2 aromatic heterocycles. The highest BCUT2D eigenvalue weighted by Gasteiger charge is 2.34. The average Bonchev–Trinajstić information content (AvgIpc) is 3.14. The Hall–Kier alpha value is -3.68. The smallest absolute Gasteiger partial charge is 0.460 e. The number of fused-ring (bicyclic) bond motifs is 5. The number of pyridine rings is 2. The fourth-order valence-electron chi connectivity index (χ4n) is 5.00. The first-order valence-corrected chi connectivity index (χ1v) is 11.9. The summed E-state index contributed by atoms with van der Waals surface area (Å²) in [6.45, 7) is 9.69.